The molecule has 19 heavy (non-hydrogen) atoms. The van der Waals surface area contributed by atoms with Crippen molar-refractivity contribution in [1.29, 1.82) is 0 Å². The first-order valence-electron chi connectivity index (χ1n) is 7.19. The van der Waals surface area contributed by atoms with Crippen LogP contribution in [0.4, 0.5) is 0 Å². The Balaban J connectivity index is 1.82. The standard InChI is InChI=1S/C15H22O4/c1-11(16)19-13-5-3-4-12-10-15(17-8-9-18-15)7-6-14(12,13)2/h4,13H,3,5-10H2,1-2H3/t13-,14-/m1/s1. The summed E-state index contributed by atoms with van der Waals surface area (Å²) in [6.07, 6.45) is 6.86. The quantitative estimate of drug-likeness (QED) is 0.540. The first-order chi connectivity index (χ1) is 9.04. The zero-order chi connectivity index (χ0) is 13.5. The second-order valence-electron chi connectivity index (χ2n) is 6.11. The first-order valence-corrected chi connectivity index (χ1v) is 7.19. The SMILES string of the molecule is CC(=O)O[C@@H]1CCC=C2CC3(CC[C@]21C)OCCO3. The summed E-state index contributed by atoms with van der Waals surface area (Å²) in [5.74, 6) is -0.579. The molecule has 0 unspecified atom stereocenters. The van der Waals surface area contributed by atoms with Crippen molar-refractivity contribution in [3.8, 4) is 0 Å². The van der Waals surface area contributed by atoms with E-state index in [-0.39, 0.29) is 17.5 Å². The van der Waals surface area contributed by atoms with Crippen LogP contribution in [0.15, 0.2) is 11.6 Å². The van der Waals surface area contributed by atoms with Gasteiger partial charge in [-0.3, -0.25) is 4.79 Å². The first kappa shape index (κ1) is 13.1. The third kappa shape index (κ3) is 2.21. The maximum atomic E-state index is 11.3. The Morgan fingerprint density at radius 1 is 1.37 bits per heavy atom. The van der Waals surface area contributed by atoms with Gasteiger partial charge < -0.3 is 14.2 Å². The molecule has 0 aromatic heterocycles. The number of esters is 1. The van der Waals surface area contributed by atoms with Crippen LogP contribution in [-0.2, 0) is 19.0 Å². The Morgan fingerprint density at radius 2 is 2.11 bits per heavy atom. The topological polar surface area (TPSA) is 44.8 Å². The largest absolute Gasteiger partial charge is 0.462 e. The van der Waals surface area contributed by atoms with Crippen LogP contribution in [0.1, 0.15) is 46.0 Å². The molecule has 1 heterocycles. The predicted molar refractivity (Wildman–Crippen MR) is 69.5 cm³/mol. The smallest absolute Gasteiger partial charge is 0.302 e. The number of allylic oxidation sites excluding steroid dienone is 1. The van der Waals surface area contributed by atoms with Gasteiger partial charge in [0.25, 0.3) is 0 Å². The van der Waals surface area contributed by atoms with Gasteiger partial charge in [0.2, 0.25) is 0 Å². The van der Waals surface area contributed by atoms with E-state index in [1.165, 1.54) is 12.5 Å². The molecular weight excluding hydrogens is 244 g/mol. The number of hydrogen-bond acceptors (Lipinski definition) is 4. The van der Waals surface area contributed by atoms with Gasteiger partial charge in [-0.25, -0.2) is 0 Å². The number of carbonyl (C=O) groups is 1. The second-order valence-corrected chi connectivity index (χ2v) is 6.11. The minimum Gasteiger partial charge on any atom is -0.462 e. The highest BCUT2D eigenvalue weighted by Crippen LogP contribution is 2.53. The Bertz CT molecular complexity index is 408. The van der Waals surface area contributed by atoms with Crippen molar-refractivity contribution in [2.24, 2.45) is 5.41 Å². The van der Waals surface area contributed by atoms with Crippen LogP contribution >= 0.6 is 0 Å². The molecule has 3 rings (SSSR count). The van der Waals surface area contributed by atoms with Crippen LogP contribution < -0.4 is 0 Å². The van der Waals surface area contributed by atoms with E-state index in [4.69, 9.17) is 14.2 Å². The van der Waals surface area contributed by atoms with E-state index in [9.17, 15) is 4.79 Å². The van der Waals surface area contributed by atoms with Gasteiger partial charge in [0.1, 0.15) is 6.10 Å². The molecule has 0 amide bonds. The summed E-state index contributed by atoms with van der Waals surface area (Å²) >= 11 is 0. The normalized spacial score (nSPS) is 36.7. The van der Waals surface area contributed by atoms with Crippen LogP contribution in [0.5, 0.6) is 0 Å². The van der Waals surface area contributed by atoms with E-state index in [0.717, 1.165) is 32.1 Å². The maximum Gasteiger partial charge on any atom is 0.302 e. The molecule has 1 saturated carbocycles. The summed E-state index contributed by atoms with van der Waals surface area (Å²) in [5.41, 5.74) is 1.31. The van der Waals surface area contributed by atoms with Crippen molar-refractivity contribution in [3.63, 3.8) is 0 Å². The lowest BCUT2D eigenvalue weighted by Crippen LogP contribution is -2.48. The average Bonchev–Trinajstić information content (AvgIpc) is 2.80. The minimum atomic E-state index is -0.399. The van der Waals surface area contributed by atoms with E-state index < -0.39 is 5.79 Å². The van der Waals surface area contributed by atoms with Gasteiger partial charge in [0, 0.05) is 25.2 Å². The van der Waals surface area contributed by atoms with Crippen molar-refractivity contribution in [2.45, 2.75) is 57.8 Å². The number of rotatable bonds is 1. The molecule has 0 N–H and O–H groups in total. The van der Waals surface area contributed by atoms with Gasteiger partial charge in [0.05, 0.1) is 13.2 Å². The predicted octanol–water partition coefficient (Wildman–Crippen LogP) is 2.57. The molecule has 4 heteroatoms. The van der Waals surface area contributed by atoms with Gasteiger partial charge in [-0.2, -0.15) is 0 Å². The number of ether oxygens (including phenoxy) is 3. The lowest BCUT2D eigenvalue weighted by atomic mass is 9.63. The zero-order valence-electron chi connectivity index (χ0n) is 11.7. The number of carbonyl (C=O) groups excluding carboxylic acids is 1. The monoisotopic (exact) mass is 266 g/mol. The molecule has 0 aromatic rings. The average molecular weight is 266 g/mol. The molecule has 1 aliphatic heterocycles. The van der Waals surface area contributed by atoms with Crippen LogP contribution in [0, 0.1) is 5.41 Å². The Hall–Kier alpha value is -0.870. The molecule has 0 bridgehead atoms. The molecule has 0 radical (unpaired) electrons. The third-order valence-corrected chi connectivity index (χ3v) is 4.87. The van der Waals surface area contributed by atoms with E-state index >= 15 is 0 Å². The van der Waals surface area contributed by atoms with Gasteiger partial charge in [-0.05, 0) is 19.3 Å². The summed E-state index contributed by atoms with van der Waals surface area (Å²) in [7, 11) is 0. The molecule has 106 valence electrons. The summed E-state index contributed by atoms with van der Waals surface area (Å²) in [5, 5.41) is 0. The second kappa shape index (κ2) is 4.60. The zero-order valence-corrected chi connectivity index (χ0v) is 11.7. The summed E-state index contributed by atoms with van der Waals surface area (Å²) < 4.78 is 17.2. The third-order valence-electron chi connectivity index (χ3n) is 4.87. The van der Waals surface area contributed by atoms with Crippen LogP contribution in [0.3, 0.4) is 0 Å². The van der Waals surface area contributed by atoms with Gasteiger partial charge in [-0.1, -0.05) is 18.6 Å². The van der Waals surface area contributed by atoms with Gasteiger partial charge in [0.15, 0.2) is 5.79 Å². The highest BCUT2D eigenvalue weighted by atomic mass is 16.7. The van der Waals surface area contributed by atoms with Crippen LogP contribution in [0.25, 0.3) is 0 Å². The van der Waals surface area contributed by atoms with Crippen molar-refractivity contribution in [2.75, 3.05) is 13.2 Å². The molecule has 1 spiro atoms. The van der Waals surface area contributed by atoms with Gasteiger partial charge in [-0.15, -0.1) is 0 Å². The molecular formula is C15H22O4. The lowest BCUT2D eigenvalue weighted by molar-refractivity contribution is -0.187. The Kier molecular flexibility index (Phi) is 3.18. The Morgan fingerprint density at radius 3 is 2.79 bits per heavy atom. The summed E-state index contributed by atoms with van der Waals surface area (Å²) in [6.45, 7) is 5.09. The van der Waals surface area contributed by atoms with Gasteiger partial charge >= 0.3 is 5.97 Å². The maximum absolute atomic E-state index is 11.3. The summed E-state index contributed by atoms with van der Waals surface area (Å²) in [4.78, 5) is 11.3. The fraction of sp³-hybridized carbons (Fsp3) is 0.800. The highest BCUT2D eigenvalue weighted by molar-refractivity contribution is 5.66. The van der Waals surface area contributed by atoms with Crippen LogP contribution in [-0.4, -0.2) is 31.1 Å². The molecule has 0 aromatic carbocycles. The fourth-order valence-electron chi connectivity index (χ4n) is 3.72. The molecule has 2 atom stereocenters. The molecule has 2 fully saturated rings. The van der Waals surface area contributed by atoms with Crippen molar-refractivity contribution >= 4 is 5.97 Å². The number of hydrogen-bond donors (Lipinski definition) is 0. The molecule has 3 aliphatic rings. The minimum absolute atomic E-state index is 0.00348. The Labute approximate surface area is 114 Å². The number of fused-ring (bicyclic) bond motifs is 1. The van der Waals surface area contributed by atoms with Crippen molar-refractivity contribution in [3.05, 3.63) is 11.6 Å². The fourth-order valence-corrected chi connectivity index (χ4v) is 3.72. The van der Waals surface area contributed by atoms with Crippen molar-refractivity contribution < 1.29 is 19.0 Å². The molecule has 2 aliphatic carbocycles. The van der Waals surface area contributed by atoms with E-state index in [1.807, 2.05) is 0 Å². The van der Waals surface area contributed by atoms with Crippen molar-refractivity contribution in [1.82, 2.24) is 0 Å². The lowest BCUT2D eigenvalue weighted by Gasteiger charge is -2.49. The van der Waals surface area contributed by atoms with Crippen LogP contribution in [0.2, 0.25) is 0 Å². The summed E-state index contributed by atoms with van der Waals surface area (Å²) in [6, 6.07) is 0. The van der Waals surface area contributed by atoms with E-state index in [1.54, 1.807) is 0 Å². The van der Waals surface area contributed by atoms with E-state index in [0.29, 0.717) is 13.2 Å². The molecule has 4 nitrogen and oxygen atoms in total. The highest BCUT2D eigenvalue weighted by Gasteiger charge is 2.51. The van der Waals surface area contributed by atoms with E-state index in [2.05, 4.69) is 13.0 Å². The molecule has 1 saturated heterocycles.